The number of alkyl halides is 1. The van der Waals surface area contributed by atoms with E-state index in [2.05, 4.69) is 0 Å². The molecule has 2 aromatic carbocycles. The third-order valence-electron chi connectivity index (χ3n) is 3.96. The van der Waals surface area contributed by atoms with Crippen LogP contribution < -0.4 is 9.47 Å². The first-order valence-corrected chi connectivity index (χ1v) is 7.75. The van der Waals surface area contributed by atoms with Crippen LogP contribution in [0.5, 0.6) is 11.5 Å². The van der Waals surface area contributed by atoms with Crippen molar-refractivity contribution in [2.75, 3.05) is 7.11 Å². The number of benzene rings is 2. The van der Waals surface area contributed by atoms with Crippen LogP contribution in [-0.2, 0) is 0 Å². The van der Waals surface area contributed by atoms with E-state index in [4.69, 9.17) is 32.7 Å². The molecule has 0 saturated heterocycles. The van der Waals surface area contributed by atoms with Gasteiger partial charge in [0.1, 0.15) is 0 Å². The fourth-order valence-corrected chi connectivity index (χ4v) is 3.15. The van der Waals surface area contributed by atoms with Crippen molar-refractivity contribution in [3.63, 3.8) is 0 Å². The van der Waals surface area contributed by atoms with Crippen LogP contribution in [0.1, 0.15) is 23.3 Å². The van der Waals surface area contributed by atoms with E-state index in [0.717, 1.165) is 0 Å². The topological polar surface area (TPSA) is 81.8 Å². The molecule has 0 fully saturated rings. The summed E-state index contributed by atoms with van der Waals surface area (Å²) in [5, 5.41) is 22.8. The third-order valence-corrected chi connectivity index (χ3v) is 4.76. The number of nitro groups is 1. The predicted octanol–water partition coefficient (Wildman–Crippen LogP) is 3.73. The molecule has 0 spiro atoms. The van der Waals surface area contributed by atoms with Crippen molar-refractivity contribution in [2.45, 2.75) is 17.2 Å². The minimum absolute atomic E-state index is 0.200. The molecule has 126 valence electrons. The highest BCUT2D eigenvalue weighted by Crippen LogP contribution is 2.53. The number of nitrogens with zero attached hydrogens (tertiary/aromatic N) is 1. The average molecular weight is 370 g/mol. The van der Waals surface area contributed by atoms with E-state index in [9.17, 15) is 15.2 Å². The zero-order valence-electron chi connectivity index (χ0n) is 12.5. The van der Waals surface area contributed by atoms with Crippen molar-refractivity contribution in [1.82, 2.24) is 0 Å². The Balaban J connectivity index is 2.19. The standard InChI is InChI=1S/C16H13Cl2NO5/c1-23-12-4-2-3-11-13(12)24-15(9-5-7-10(17)8-6-9)16(18,14(11)20)19(21)22/h2-8,14-15,20H,1H3. The number of ether oxygens (including phenoxy) is 2. The first kappa shape index (κ1) is 16.8. The first-order chi connectivity index (χ1) is 11.4. The Hall–Kier alpha value is -2.02. The van der Waals surface area contributed by atoms with Crippen LogP contribution in [0.15, 0.2) is 42.5 Å². The number of fused-ring (bicyclic) bond motifs is 1. The molecule has 0 radical (unpaired) electrons. The fraction of sp³-hybridized carbons (Fsp3) is 0.250. The summed E-state index contributed by atoms with van der Waals surface area (Å²) in [5.41, 5.74) is 0.618. The lowest BCUT2D eigenvalue weighted by atomic mass is 9.89. The molecule has 1 heterocycles. The van der Waals surface area contributed by atoms with Gasteiger partial charge in [-0.2, -0.15) is 0 Å². The van der Waals surface area contributed by atoms with E-state index in [1.807, 2.05) is 0 Å². The molecule has 0 amide bonds. The molecular formula is C16H13Cl2NO5. The van der Waals surface area contributed by atoms with E-state index in [1.165, 1.54) is 13.2 Å². The number of hydrogen-bond donors (Lipinski definition) is 1. The maximum Gasteiger partial charge on any atom is 0.364 e. The van der Waals surface area contributed by atoms with Crippen LogP contribution in [0, 0.1) is 10.1 Å². The average Bonchev–Trinajstić information content (AvgIpc) is 2.58. The zero-order valence-corrected chi connectivity index (χ0v) is 14.0. The quantitative estimate of drug-likeness (QED) is 0.385. The molecule has 3 rings (SSSR count). The molecule has 3 unspecified atom stereocenters. The molecular weight excluding hydrogens is 357 g/mol. The van der Waals surface area contributed by atoms with Gasteiger partial charge in [-0.1, -0.05) is 35.9 Å². The summed E-state index contributed by atoms with van der Waals surface area (Å²) in [7, 11) is 1.44. The van der Waals surface area contributed by atoms with Crippen LogP contribution in [0.4, 0.5) is 0 Å². The molecule has 0 saturated carbocycles. The third kappa shape index (κ3) is 2.47. The molecule has 0 bridgehead atoms. The Bertz CT molecular complexity index is 783. The van der Waals surface area contributed by atoms with E-state index >= 15 is 0 Å². The molecule has 1 aliphatic heterocycles. The second-order valence-electron chi connectivity index (χ2n) is 5.32. The van der Waals surface area contributed by atoms with Crippen molar-refractivity contribution in [2.24, 2.45) is 0 Å². The van der Waals surface area contributed by atoms with Gasteiger partial charge in [0.15, 0.2) is 17.6 Å². The first-order valence-electron chi connectivity index (χ1n) is 7.00. The number of para-hydroxylation sites is 1. The lowest BCUT2D eigenvalue weighted by Crippen LogP contribution is -2.49. The molecule has 3 atom stereocenters. The summed E-state index contributed by atoms with van der Waals surface area (Å²) in [4.78, 5) is 8.66. The largest absolute Gasteiger partial charge is 0.493 e. The van der Waals surface area contributed by atoms with Gasteiger partial charge in [0.2, 0.25) is 6.10 Å². The smallest absolute Gasteiger partial charge is 0.364 e. The van der Waals surface area contributed by atoms with Gasteiger partial charge in [-0.05, 0) is 29.8 Å². The molecule has 0 aromatic heterocycles. The van der Waals surface area contributed by atoms with E-state index in [0.29, 0.717) is 16.3 Å². The van der Waals surface area contributed by atoms with Gasteiger partial charge >= 0.3 is 5.00 Å². The van der Waals surface area contributed by atoms with Crippen molar-refractivity contribution in [3.05, 3.63) is 68.7 Å². The Morgan fingerprint density at radius 2 is 1.96 bits per heavy atom. The van der Waals surface area contributed by atoms with Gasteiger partial charge in [0.05, 0.1) is 12.0 Å². The van der Waals surface area contributed by atoms with Crippen LogP contribution in [0.3, 0.4) is 0 Å². The summed E-state index contributed by atoms with van der Waals surface area (Å²) in [6.45, 7) is 0. The Kier molecular flexibility index (Phi) is 4.29. The monoisotopic (exact) mass is 369 g/mol. The number of aliphatic hydroxyl groups is 1. The van der Waals surface area contributed by atoms with E-state index in [-0.39, 0.29) is 11.3 Å². The Morgan fingerprint density at radius 1 is 1.29 bits per heavy atom. The minimum Gasteiger partial charge on any atom is -0.493 e. The van der Waals surface area contributed by atoms with Gasteiger partial charge in [-0.3, -0.25) is 10.1 Å². The van der Waals surface area contributed by atoms with Gasteiger partial charge in [-0.25, -0.2) is 0 Å². The van der Waals surface area contributed by atoms with Crippen LogP contribution in [0.25, 0.3) is 0 Å². The fourth-order valence-electron chi connectivity index (χ4n) is 2.73. The number of halogens is 2. The van der Waals surface area contributed by atoms with Gasteiger partial charge < -0.3 is 14.6 Å². The Morgan fingerprint density at radius 3 is 2.54 bits per heavy atom. The normalized spacial score (nSPS) is 25.5. The number of aliphatic hydroxyl groups excluding tert-OH is 1. The second kappa shape index (κ2) is 6.12. The Labute approximate surface area is 147 Å². The maximum atomic E-state index is 11.7. The SMILES string of the molecule is COc1cccc2c1OC(c1ccc(Cl)cc1)C(Cl)([N+](=O)[O-])C2O. The molecule has 0 aliphatic carbocycles. The van der Waals surface area contributed by atoms with Gasteiger partial charge in [-0.15, -0.1) is 0 Å². The highest BCUT2D eigenvalue weighted by Gasteiger charge is 2.62. The highest BCUT2D eigenvalue weighted by atomic mass is 35.5. The second-order valence-corrected chi connectivity index (χ2v) is 6.36. The summed E-state index contributed by atoms with van der Waals surface area (Å²) >= 11 is 12.1. The molecule has 1 aliphatic rings. The van der Waals surface area contributed by atoms with Crippen molar-refractivity contribution < 1.29 is 19.5 Å². The molecule has 8 heteroatoms. The van der Waals surface area contributed by atoms with Crippen molar-refractivity contribution >= 4 is 23.2 Å². The molecule has 24 heavy (non-hydrogen) atoms. The van der Waals surface area contributed by atoms with Crippen LogP contribution >= 0.6 is 23.2 Å². The maximum absolute atomic E-state index is 11.7. The van der Waals surface area contributed by atoms with Crippen LogP contribution in [-0.4, -0.2) is 22.1 Å². The van der Waals surface area contributed by atoms with Gasteiger partial charge in [0, 0.05) is 16.1 Å². The summed E-state index contributed by atoms with van der Waals surface area (Å²) in [6.07, 6.45) is -2.82. The van der Waals surface area contributed by atoms with E-state index < -0.39 is 22.1 Å². The molecule has 6 nitrogen and oxygen atoms in total. The summed E-state index contributed by atoms with van der Waals surface area (Å²) in [5.74, 6) is 0.582. The summed E-state index contributed by atoms with van der Waals surface area (Å²) < 4.78 is 11.0. The van der Waals surface area contributed by atoms with Crippen molar-refractivity contribution in [1.29, 1.82) is 0 Å². The molecule has 2 aromatic rings. The van der Waals surface area contributed by atoms with Crippen LogP contribution in [0.2, 0.25) is 5.02 Å². The lowest BCUT2D eigenvalue weighted by molar-refractivity contribution is -0.570. The summed E-state index contributed by atoms with van der Waals surface area (Å²) in [6, 6.07) is 11.0. The number of methoxy groups -OCH3 is 1. The predicted molar refractivity (Wildman–Crippen MR) is 88.4 cm³/mol. The number of rotatable bonds is 3. The van der Waals surface area contributed by atoms with E-state index in [1.54, 1.807) is 36.4 Å². The minimum atomic E-state index is -2.28. The molecule has 1 N–H and O–H groups in total. The highest BCUT2D eigenvalue weighted by molar-refractivity contribution is 6.30. The van der Waals surface area contributed by atoms with Crippen molar-refractivity contribution in [3.8, 4) is 11.5 Å². The lowest BCUT2D eigenvalue weighted by Gasteiger charge is -2.37. The zero-order chi connectivity index (χ0) is 17.5. The number of hydrogen-bond acceptors (Lipinski definition) is 5. The van der Waals surface area contributed by atoms with Gasteiger partial charge in [0.25, 0.3) is 0 Å².